The number of anilines is 1. The average Bonchev–Trinajstić information content (AvgIpc) is 3.11. The number of pyridine rings is 1. The van der Waals surface area contributed by atoms with Gasteiger partial charge in [-0.1, -0.05) is 31.4 Å². The number of hydrogen-bond donors (Lipinski definition) is 0. The van der Waals surface area contributed by atoms with Gasteiger partial charge in [0, 0.05) is 29.4 Å². The van der Waals surface area contributed by atoms with Crippen molar-refractivity contribution in [2.24, 2.45) is 4.99 Å². The number of nitrogens with zero attached hydrogens (tertiary/aromatic N) is 4. The van der Waals surface area contributed by atoms with E-state index in [9.17, 15) is 10.1 Å². The number of hydrogen-bond acceptors (Lipinski definition) is 7. The molecule has 1 aromatic heterocycles. The largest absolute Gasteiger partial charge is 0.469 e. The molecule has 3 heterocycles. The number of carbonyl (C=O) groups is 1. The first-order valence-corrected chi connectivity index (χ1v) is 12.1. The Labute approximate surface area is 204 Å². The minimum absolute atomic E-state index is 0.202. The highest BCUT2D eigenvalue weighted by Crippen LogP contribution is 2.61. The molecular formula is C28H26N4O3. The van der Waals surface area contributed by atoms with Crippen molar-refractivity contribution in [3.63, 3.8) is 0 Å². The summed E-state index contributed by atoms with van der Waals surface area (Å²) in [5, 5.41) is 11.1. The van der Waals surface area contributed by atoms with E-state index in [-0.39, 0.29) is 12.4 Å². The standard InChI is InChI=1S/C28H26N4O3/c1-34-23(33)12-16-32-21-9-5-7-20(17-29)24(21)27(13-3-2-4-14-27)28(32)18-31-26-22(35-28)11-10-19-8-6-15-30-25(19)26/h5-11,15,18H,2-4,12-14,16H2,1H3. The number of ether oxygens (including phenoxy) is 2. The summed E-state index contributed by atoms with van der Waals surface area (Å²) < 4.78 is 12.0. The minimum atomic E-state index is -0.952. The first kappa shape index (κ1) is 21.6. The minimum Gasteiger partial charge on any atom is -0.469 e. The number of fused-ring (bicyclic) bond motifs is 6. The van der Waals surface area contributed by atoms with Gasteiger partial charge >= 0.3 is 5.97 Å². The zero-order valence-corrected chi connectivity index (χ0v) is 19.7. The van der Waals surface area contributed by atoms with E-state index in [0.717, 1.165) is 54.3 Å². The van der Waals surface area contributed by atoms with Gasteiger partial charge in [-0.3, -0.25) is 9.78 Å². The summed E-state index contributed by atoms with van der Waals surface area (Å²) in [6, 6.07) is 16.1. The van der Waals surface area contributed by atoms with E-state index in [4.69, 9.17) is 14.5 Å². The van der Waals surface area contributed by atoms with Crippen molar-refractivity contribution in [2.75, 3.05) is 18.6 Å². The maximum Gasteiger partial charge on any atom is 0.307 e. The zero-order chi connectivity index (χ0) is 24.0. The zero-order valence-electron chi connectivity index (χ0n) is 19.7. The van der Waals surface area contributed by atoms with Crippen LogP contribution in [-0.2, 0) is 14.9 Å². The normalized spacial score (nSPS) is 21.4. The van der Waals surface area contributed by atoms with Crippen molar-refractivity contribution in [1.29, 1.82) is 5.26 Å². The molecule has 6 rings (SSSR count). The van der Waals surface area contributed by atoms with Crippen molar-refractivity contribution >= 4 is 34.5 Å². The smallest absolute Gasteiger partial charge is 0.307 e. The summed E-state index contributed by atoms with van der Waals surface area (Å²) in [6.07, 6.45) is 8.84. The van der Waals surface area contributed by atoms with Crippen molar-refractivity contribution < 1.29 is 14.3 Å². The number of esters is 1. The molecule has 0 amide bonds. The Hall–Kier alpha value is -3.92. The Balaban J connectivity index is 1.58. The second-order valence-electron chi connectivity index (χ2n) is 9.48. The number of aromatic nitrogens is 1. The van der Waals surface area contributed by atoms with Crippen LogP contribution in [0.15, 0.2) is 53.7 Å². The van der Waals surface area contributed by atoms with Gasteiger partial charge in [0.2, 0.25) is 5.72 Å². The van der Waals surface area contributed by atoms with Crippen LogP contribution in [0.25, 0.3) is 10.9 Å². The number of benzene rings is 2. The van der Waals surface area contributed by atoms with E-state index >= 15 is 0 Å². The van der Waals surface area contributed by atoms with Gasteiger partial charge in [-0.15, -0.1) is 0 Å². The van der Waals surface area contributed by atoms with Gasteiger partial charge in [0.1, 0.15) is 5.69 Å². The monoisotopic (exact) mass is 466 g/mol. The molecule has 176 valence electrons. The Morgan fingerprint density at radius 1 is 1.17 bits per heavy atom. The van der Waals surface area contributed by atoms with E-state index in [2.05, 4.69) is 16.0 Å². The molecule has 35 heavy (non-hydrogen) atoms. The molecule has 1 aliphatic carbocycles. The SMILES string of the molecule is COC(=O)CCN1c2cccc(C#N)c2C2(CCCCC2)C12C=Nc1c(ccc3cccnc13)O2. The molecule has 0 N–H and O–H groups in total. The highest BCUT2D eigenvalue weighted by atomic mass is 16.5. The van der Waals surface area contributed by atoms with E-state index in [1.54, 1.807) is 6.20 Å². The van der Waals surface area contributed by atoms with E-state index < -0.39 is 11.1 Å². The third kappa shape index (κ3) is 2.99. The molecule has 1 atom stereocenters. The fourth-order valence-corrected chi connectivity index (χ4v) is 6.34. The van der Waals surface area contributed by atoms with Crippen LogP contribution in [-0.4, -0.2) is 36.5 Å². The van der Waals surface area contributed by atoms with Gasteiger partial charge in [0.25, 0.3) is 0 Å². The third-order valence-corrected chi connectivity index (χ3v) is 7.84. The summed E-state index contributed by atoms with van der Waals surface area (Å²) in [5.74, 6) is 0.379. The summed E-state index contributed by atoms with van der Waals surface area (Å²) in [6.45, 7) is 0.392. The number of nitriles is 1. The molecule has 2 spiro atoms. The Morgan fingerprint density at radius 2 is 2.03 bits per heavy atom. The molecule has 1 unspecified atom stereocenters. The van der Waals surface area contributed by atoms with Gasteiger partial charge in [-0.05, 0) is 43.2 Å². The molecule has 2 aromatic carbocycles. The van der Waals surface area contributed by atoms with Gasteiger partial charge in [-0.25, -0.2) is 4.99 Å². The van der Waals surface area contributed by atoms with Crippen LogP contribution >= 0.6 is 0 Å². The van der Waals surface area contributed by atoms with Crippen molar-refractivity contribution in [1.82, 2.24) is 4.98 Å². The Morgan fingerprint density at radius 3 is 2.83 bits per heavy atom. The molecule has 2 aliphatic heterocycles. The molecule has 7 heteroatoms. The quantitative estimate of drug-likeness (QED) is 0.494. The fourth-order valence-electron chi connectivity index (χ4n) is 6.34. The molecule has 1 saturated carbocycles. The molecule has 3 aliphatic rings. The lowest BCUT2D eigenvalue weighted by atomic mass is 9.63. The summed E-state index contributed by atoms with van der Waals surface area (Å²) >= 11 is 0. The number of carbonyl (C=O) groups excluding carboxylic acids is 1. The lowest BCUT2D eigenvalue weighted by molar-refractivity contribution is -0.140. The van der Waals surface area contributed by atoms with Crippen LogP contribution in [0.1, 0.15) is 49.7 Å². The predicted octanol–water partition coefficient (Wildman–Crippen LogP) is 5.18. The third-order valence-electron chi connectivity index (χ3n) is 7.84. The van der Waals surface area contributed by atoms with Crippen LogP contribution in [0.3, 0.4) is 0 Å². The molecule has 0 saturated heterocycles. The molecule has 0 bridgehead atoms. The summed E-state index contributed by atoms with van der Waals surface area (Å²) in [5.41, 5.74) is 2.71. The lowest BCUT2D eigenvalue weighted by Crippen LogP contribution is -2.65. The second kappa shape index (κ2) is 8.09. The van der Waals surface area contributed by atoms with Crippen LogP contribution < -0.4 is 9.64 Å². The van der Waals surface area contributed by atoms with Crippen LogP contribution in [0, 0.1) is 11.3 Å². The van der Waals surface area contributed by atoms with Crippen molar-refractivity contribution in [3.8, 4) is 11.8 Å². The maximum atomic E-state index is 12.2. The molecule has 7 nitrogen and oxygen atoms in total. The second-order valence-corrected chi connectivity index (χ2v) is 9.48. The summed E-state index contributed by atoms with van der Waals surface area (Å²) in [7, 11) is 1.40. The Kier molecular flexibility index (Phi) is 4.99. The average molecular weight is 467 g/mol. The molecular weight excluding hydrogens is 440 g/mol. The van der Waals surface area contributed by atoms with Gasteiger partial charge in [-0.2, -0.15) is 5.26 Å². The van der Waals surface area contributed by atoms with E-state index in [0.29, 0.717) is 23.5 Å². The number of aliphatic imine (C=N–C) groups is 1. The Bertz CT molecular complexity index is 1400. The van der Waals surface area contributed by atoms with Crippen LogP contribution in [0.5, 0.6) is 5.75 Å². The molecule has 0 radical (unpaired) electrons. The van der Waals surface area contributed by atoms with Crippen LogP contribution in [0.2, 0.25) is 0 Å². The highest BCUT2D eigenvalue weighted by molar-refractivity contribution is 5.98. The molecule has 3 aromatic rings. The van der Waals surface area contributed by atoms with E-state index in [1.807, 2.05) is 48.7 Å². The number of rotatable bonds is 3. The highest BCUT2D eigenvalue weighted by Gasteiger charge is 2.65. The number of methoxy groups -OCH3 is 1. The van der Waals surface area contributed by atoms with Crippen molar-refractivity contribution in [2.45, 2.75) is 49.7 Å². The van der Waals surface area contributed by atoms with E-state index in [1.165, 1.54) is 7.11 Å². The van der Waals surface area contributed by atoms with Crippen LogP contribution in [0.4, 0.5) is 11.4 Å². The maximum absolute atomic E-state index is 12.2. The molecule has 1 fully saturated rings. The van der Waals surface area contributed by atoms with Crippen molar-refractivity contribution in [3.05, 3.63) is 59.8 Å². The topological polar surface area (TPSA) is 87.8 Å². The first-order chi connectivity index (χ1) is 17.1. The lowest BCUT2D eigenvalue weighted by Gasteiger charge is -2.50. The van der Waals surface area contributed by atoms with Gasteiger partial charge in [0.15, 0.2) is 5.75 Å². The van der Waals surface area contributed by atoms with Gasteiger partial charge in [0.05, 0.1) is 42.3 Å². The predicted molar refractivity (Wildman–Crippen MR) is 133 cm³/mol. The fraction of sp³-hybridized carbons (Fsp3) is 0.357. The summed E-state index contributed by atoms with van der Waals surface area (Å²) in [4.78, 5) is 23.9. The van der Waals surface area contributed by atoms with Gasteiger partial charge < -0.3 is 14.4 Å². The first-order valence-electron chi connectivity index (χ1n) is 12.1.